The van der Waals surface area contributed by atoms with Gasteiger partial charge in [0.25, 0.3) is 0 Å². The van der Waals surface area contributed by atoms with Gasteiger partial charge in [-0.2, -0.15) is 5.10 Å². The van der Waals surface area contributed by atoms with E-state index in [0.717, 1.165) is 25.0 Å². The first-order valence-electron chi connectivity index (χ1n) is 11.0. The molecule has 4 aliphatic rings. The standard InChI is InChI=1S/C22H29N5O3/c1-15-7-10-26(23-15)14-20(29)25-12-16-11-17(13-25)21(22(30)24-8-2-3-9-24)27-18(16)5-4-6-19(27)28/h2-3,7,10,16-18,21H,4-6,8-9,11-14H2,1H3/t16-,17+,18-,21+/m0/s1. The number of carbonyl (C=O) groups is 3. The van der Waals surface area contributed by atoms with E-state index >= 15 is 0 Å². The Labute approximate surface area is 176 Å². The maximum absolute atomic E-state index is 13.4. The lowest BCUT2D eigenvalue weighted by Gasteiger charge is -2.56. The van der Waals surface area contributed by atoms with Crippen molar-refractivity contribution in [3.05, 3.63) is 30.1 Å². The Kier molecular flexibility index (Phi) is 4.87. The Morgan fingerprint density at radius 2 is 1.90 bits per heavy atom. The number of aromatic nitrogens is 2. The van der Waals surface area contributed by atoms with E-state index in [-0.39, 0.29) is 42.1 Å². The van der Waals surface area contributed by atoms with Crippen molar-refractivity contribution in [1.82, 2.24) is 24.5 Å². The minimum atomic E-state index is -0.443. The van der Waals surface area contributed by atoms with Crippen LogP contribution in [0.25, 0.3) is 0 Å². The Morgan fingerprint density at radius 3 is 2.63 bits per heavy atom. The molecule has 0 N–H and O–H groups in total. The third-order valence-electron chi connectivity index (χ3n) is 7.15. The Morgan fingerprint density at radius 1 is 1.13 bits per heavy atom. The topological polar surface area (TPSA) is 78.8 Å². The molecular formula is C22H29N5O3. The van der Waals surface area contributed by atoms with E-state index in [9.17, 15) is 14.4 Å². The van der Waals surface area contributed by atoms with Gasteiger partial charge in [-0.1, -0.05) is 12.2 Å². The fourth-order valence-electron chi connectivity index (χ4n) is 5.81. The molecule has 3 saturated heterocycles. The Hall–Kier alpha value is -2.64. The van der Waals surface area contributed by atoms with Gasteiger partial charge in [-0.25, -0.2) is 0 Å². The molecule has 2 bridgehead atoms. The fraction of sp³-hybridized carbons (Fsp3) is 0.636. The highest BCUT2D eigenvalue weighted by Gasteiger charge is 2.53. The smallest absolute Gasteiger partial charge is 0.246 e. The summed E-state index contributed by atoms with van der Waals surface area (Å²) in [7, 11) is 0. The minimum Gasteiger partial charge on any atom is -0.340 e. The van der Waals surface area contributed by atoms with Crippen LogP contribution in [0.4, 0.5) is 0 Å². The average Bonchev–Trinajstić information content (AvgIpc) is 3.40. The van der Waals surface area contributed by atoms with E-state index in [1.807, 2.05) is 46.0 Å². The third-order valence-corrected chi connectivity index (χ3v) is 7.15. The molecule has 0 saturated carbocycles. The lowest BCUT2D eigenvalue weighted by atomic mass is 9.71. The predicted molar refractivity (Wildman–Crippen MR) is 109 cm³/mol. The second-order valence-electron chi connectivity index (χ2n) is 9.13. The van der Waals surface area contributed by atoms with Gasteiger partial charge in [0.05, 0.1) is 5.69 Å². The van der Waals surface area contributed by atoms with Crippen LogP contribution >= 0.6 is 0 Å². The molecule has 30 heavy (non-hydrogen) atoms. The highest BCUT2D eigenvalue weighted by molar-refractivity contribution is 5.89. The summed E-state index contributed by atoms with van der Waals surface area (Å²) in [6, 6.07) is 1.51. The summed E-state index contributed by atoms with van der Waals surface area (Å²) in [5.41, 5.74) is 0.888. The summed E-state index contributed by atoms with van der Waals surface area (Å²) in [5, 5.41) is 4.34. The van der Waals surface area contributed by atoms with E-state index in [2.05, 4.69) is 5.10 Å². The second kappa shape index (κ2) is 7.56. The molecule has 4 atom stereocenters. The van der Waals surface area contributed by atoms with Crippen molar-refractivity contribution >= 4 is 17.7 Å². The summed E-state index contributed by atoms with van der Waals surface area (Å²) in [5.74, 6) is 0.437. The highest BCUT2D eigenvalue weighted by atomic mass is 16.2. The lowest BCUT2D eigenvalue weighted by Crippen LogP contribution is -2.69. The molecule has 3 fully saturated rings. The molecule has 0 spiro atoms. The van der Waals surface area contributed by atoms with Gasteiger partial charge in [0.1, 0.15) is 12.6 Å². The van der Waals surface area contributed by atoms with E-state index in [4.69, 9.17) is 0 Å². The quantitative estimate of drug-likeness (QED) is 0.690. The molecule has 1 aromatic heterocycles. The van der Waals surface area contributed by atoms with Crippen molar-refractivity contribution in [2.24, 2.45) is 11.8 Å². The summed E-state index contributed by atoms with van der Waals surface area (Å²) in [4.78, 5) is 45.0. The first-order chi connectivity index (χ1) is 14.5. The summed E-state index contributed by atoms with van der Waals surface area (Å²) in [6.07, 6.45) is 9.06. The van der Waals surface area contributed by atoms with Gasteiger partial charge in [-0.05, 0) is 38.2 Å². The lowest BCUT2D eigenvalue weighted by molar-refractivity contribution is -0.167. The normalized spacial score (nSPS) is 30.6. The van der Waals surface area contributed by atoms with Gasteiger partial charge in [0, 0.05) is 50.8 Å². The molecule has 3 amide bonds. The number of nitrogens with zero attached hydrogens (tertiary/aromatic N) is 5. The molecule has 4 aliphatic heterocycles. The van der Waals surface area contributed by atoms with Crippen molar-refractivity contribution in [2.75, 3.05) is 26.2 Å². The highest BCUT2D eigenvalue weighted by Crippen LogP contribution is 2.42. The molecule has 0 aliphatic carbocycles. The number of likely N-dealkylation sites (tertiary alicyclic amines) is 1. The first-order valence-corrected chi connectivity index (χ1v) is 11.0. The zero-order valence-electron chi connectivity index (χ0n) is 17.4. The van der Waals surface area contributed by atoms with Crippen LogP contribution in [0.2, 0.25) is 0 Å². The number of aryl methyl sites for hydroxylation is 1. The van der Waals surface area contributed by atoms with E-state index in [1.54, 1.807) is 4.68 Å². The summed E-state index contributed by atoms with van der Waals surface area (Å²) >= 11 is 0. The van der Waals surface area contributed by atoms with Crippen LogP contribution in [0.1, 0.15) is 31.4 Å². The number of carbonyl (C=O) groups excluding carboxylic acids is 3. The molecule has 1 aromatic rings. The Bertz CT molecular complexity index is 885. The van der Waals surface area contributed by atoms with Crippen molar-refractivity contribution in [3.8, 4) is 0 Å². The van der Waals surface area contributed by atoms with E-state index < -0.39 is 6.04 Å². The van der Waals surface area contributed by atoms with Gasteiger partial charge in [0.2, 0.25) is 17.7 Å². The molecule has 0 aromatic carbocycles. The number of fused-ring (bicyclic) bond motifs is 4. The predicted octanol–water partition coefficient (Wildman–Crippen LogP) is 0.818. The zero-order chi connectivity index (χ0) is 20.8. The van der Waals surface area contributed by atoms with Gasteiger partial charge >= 0.3 is 0 Å². The molecule has 160 valence electrons. The third kappa shape index (κ3) is 3.32. The maximum Gasteiger partial charge on any atom is 0.246 e. The van der Waals surface area contributed by atoms with Crippen molar-refractivity contribution in [2.45, 2.75) is 51.2 Å². The molecule has 8 nitrogen and oxygen atoms in total. The van der Waals surface area contributed by atoms with Gasteiger partial charge in [0.15, 0.2) is 0 Å². The molecule has 0 radical (unpaired) electrons. The molecule has 0 unspecified atom stereocenters. The van der Waals surface area contributed by atoms with Crippen LogP contribution in [-0.4, -0.2) is 80.5 Å². The van der Waals surface area contributed by atoms with Crippen LogP contribution in [0, 0.1) is 18.8 Å². The number of rotatable bonds is 3. The maximum atomic E-state index is 13.4. The van der Waals surface area contributed by atoms with Crippen LogP contribution in [0.5, 0.6) is 0 Å². The van der Waals surface area contributed by atoms with Crippen LogP contribution in [0.15, 0.2) is 24.4 Å². The monoisotopic (exact) mass is 411 g/mol. The van der Waals surface area contributed by atoms with Crippen LogP contribution < -0.4 is 0 Å². The fourth-order valence-corrected chi connectivity index (χ4v) is 5.81. The molecule has 8 heteroatoms. The number of hydrogen-bond donors (Lipinski definition) is 0. The number of hydrogen-bond acceptors (Lipinski definition) is 4. The van der Waals surface area contributed by atoms with Gasteiger partial charge in [-0.15, -0.1) is 0 Å². The summed E-state index contributed by atoms with van der Waals surface area (Å²) < 4.78 is 1.68. The SMILES string of the molecule is Cc1ccn(CC(=O)N2C[C@@H]3C[C@H](C2)[C@H](C(=O)N2CC=CC2)N2C(=O)CCC[C@@H]32)n1. The molecule has 5 heterocycles. The largest absolute Gasteiger partial charge is 0.340 e. The average molecular weight is 412 g/mol. The van der Waals surface area contributed by atoms with Crippen molar-refractivity contribution in [1.29, 1.82) is 0 Å². The van der Waals surface area contributed by atoms with Crippen molar-refractivity contribution in [3.63, 3.8) is 0 Å². The first kappa shape index (κ1) is 19.3. The molecular weight excluding hydrogens is 382 g/mol. The zero-order valence-corrected chi connectivity index (χ0v) is 17.4. The van der Waals surface area contributed by atoms with Crippen molar-refractivity contribution < 1.29 is 14.4 Å². The Balaban J connectivity index is 1.39. The van der Waals surface area contributed by atoms with Gasteiger partial charge in [-0.3, -0.25) is 19.1 Å². The van der Waals surface area contributed by atoms with E-state index in [0.29, 0.717) is 32.6 Å². The van der Waals surface area contributed by atoms with Crippen LogP contribution in [0.3, 0.4) is 0 Å². The molecule has 5 rings (SSSR count). The van der Waals surface area contributed by atoms with Gasteiger partial charge < -0.3 is 14.7 Å². The second-order valence-corrected chi connectivity index (χ2v) is 9.13. The summed E-state index contributed by atoms with van der Waals surface area (Å²) in [6.45, 7) is 4.54. The number of amides is 3. The number of piperidine rings is 3. The minimum absolute atomic E-state index is 0.00143. The van der Waals surface area contributed by atoms with E-state index in [1.165, 1.54) is 0 Å². The van der Waals surface area contributed by atoms with Crippen LogP contribution in [-0.2, 0) is 20.9 Å².